The third-order valence-corrected chi connectivity index (χ3v) is 5.64. The Morgan fingerprint density at radius 3 is 2.72 bits per heavy atom. The Labute approximate surface area is 207 Å². The average molecular weight is 560 g/mol. The first kappa shape index (κ1) is 26.3. The maximum Gasteiger partial charge on any atom is 0.193 e. The molecule has 9 heteroatoms. The Balaban J connectivity index is 0.00000363. The minimum Gasteiger partial charge on any atom is -0.371 e. The van der Waals surface area contributed by atoms with Gasteiger partial charge in [-0.3, -0.25) is 9.67 Å². The van der Waals surface area contributed by atoms with Crippen LogP contribution in [0.3, 0.4) is 0 Å². The monoisotopic (exact) mass is 560 g/mol. The van der Waals surface area contributed by atoms with Crippen molar-refractivity contribution in [2.75, 3.05) is 38.1 Å². The Kier molecular flexibility index (Phi) is 9.72. The number of aliphatic imine (C=N–C) groups is 1. The number of rotatable bonds is 7. The maximum atomic E-state index is 13.6. The van der Waals surface area contributed by atoms with Gasteiger partial charge in [-0.15, -0.1) is 24.0 Å². The fraction of sp³-hybridized carbons (Fsp3) is 0.565. The number of nitrogens with one attached hydrogen (secondary N) is 1. The molecule has 0 saturated carbocycles. The molecule has 178 valence electrons. The quantitative estimate of drug-likeness (QED) is 0.311. The molecule has 0 spiro atoms. The van der Waals surface area contributed by atoms with Gasteiger partial charge in [-0.2, -0.15) is 5.10 Å². The lowest BCUT2D eigenvalue weighted by Crippen LogP contribution is -2.39. The van der Waals surface area contributed by atoms with E-state index in [9.17, 15) is 8.78 Å². The summed E-state index contributed by atoms with van der Waals surface area (Å²) in [6, 6.07) is 4.11. The van der Waals surface area contributed by atoms with Gasteiger partial charge in [-0.1, -0.05) is 13.8 Å². The first-order chi connectivity index (χ1) is 14.8. The van der Waals surface area contributed by atoms with Crippen molar-refractivity contribution < 1.29 is 8.78 Å². The summed E-state index contributed by atoms with van der Waals surface area (Å²) in [5.74, 6) is -0.000121. The number of aromatic nitrogens is 2. The zero-order valence-corrected chi connectivity index (χ0v) is 21.9. The van der Waals surface area contributed by atoms with Gasteiger partial charge in [0, 0.05) is 70.3 Å². The molecule has 2 heterocycles. The molecule has 1 N–H and O–H groups in total. The Morgan fingerprint density at radius 2 is 2.06 bits per heavy atom. The molecule has 1 saturated heterocycles. The van der Waals surface area contributed by atoms with Gasteiger partial charge in [0.15, 0.2) is 17.6 Å². The zero-order chi connectivity index (χ0) is 22.5. The first-order valence-corrected chi connectivity index (χ1v) is 11.0. The molecule has 0 amide bonds. The van der Waals surface area contributed by atoms with Crippen LogP contribution in [0, 0.1) is 17.6 Å². The summed E-state index contributed by atoms with van der Waals surface area (Å²) in [4.78, 5) is 9.11. The maximum absolute atomic E-state index is 13.6. The molecule has 3 rings (SSSR count). The van der Waals surface area contributed by atoms with Gasteiger partial charge < -0.3 is 15.1 Å². The second kappa shape index (κ2) is 11.8. The van der Waals surface area contributed by atoms with Crippen LogP contribution in [-0.2, 0) is 13.6 Å². The second-order valence-corrected chi connectivity index (χ2v) is 8.62. The van der Waals surface area contributed by atoms with Crippen molar-refractivity contribution in [1.29, 1.82) is 0 Å². The highest BCUT2D eigenvalue weighted by molar-refractivity contribution is 14.0. The number of benzene rings is 1. The molecule has 1 fully saturated rings. The van der Waals surface area contributed by atoms with Gasteiger partial charge in [-0.05, 0) is 37.3 Å². The van der Waals surface area contributed by atoms with Gasteiger partial charge in [0.05, 0.1) is 5.69 Å². The fourth-order valence-electron chi connectivity index (χ4n) is 4.08. The van der Waals surface area contributed by atoms with E-state index in [0.29, 0.717) is 18.4 Å². The van der Waals surface area contributed by atoms with Crippen molar-refractivity contribution in [2.24, 2.45) is 18.0 Å². The normalized spacial score (nSPS) is 16.4. The molecule has 0 bridgehead atoms. The second-order valence-electron chi connectivity index (χ2n) is 8.62. The minimum absolute atomic E-state index is 0. The third-order valence-electron chi connectivity index (χ3n) is 5.64. The molecular formula is C23H35F2IN6. The zero-order valence-electron chi connectivity index (χ0n) is 19.6. The summed E-state index contributed by atoms with van der Waals surface area (Å²) in [5.41, 5.74) is 3.05. The summed E-state index contributed by atoms with van der Waals surface area (Å²) in [6.45, 7) is 10.2. The average Bonchev–Trinajstić information content (AvgIpc) is 3.33. The molecule has 1 aliphatic heterocycles. The third kappa shape index (κ3) is 6.55. The number of halogens is 3. The minimum atomic E-state index is -0.809. The molecular weight excluding hydrogens is 525 g/mol. The topological polar surface area (TPSA) is 48.7 Å². The summed E-state index contributed by atoms with van der Waals surface area (Å²) in [7, 11) is 3.99. The number of guanidine groups is 1. The van der Waals surface area contributed by atoms with Gasteiger partial charge in [0.25, 0.3) is 0 Å². The highest BCUT2D eigenvalue weighted by Gasteiger charge is 2.24. The molecule has 1 atom stereocenters. The van der Waals surface area contributed by atoms with Crippen molar-refractivity contribution >= 4 is 35.6 Å². The molecule has 32 heavy (non-hydrogen) atoms. The number of hydrogen-bond acceptors (Lipinski definition) is 3. The van der Waals surface area contributed by atoms with Crippen molar-refractivity contribution in [3.63, 3.8) is 0 Å². The molecule has 2 aromatic rings. The van der Waals surface area contributed by atoms with E-state index in [1.165, 1.54) is 17.7 Å². The summed E-state index contributed by atoms with van der Waals surface area (Å²) in [5, 5.41) is 7.98. The number of aryl methyl sites for hydroxylation is 1. The lowest BCUT2D eigenvalue weighted by molar-refractivity contribution is 0.469. The molecule has 1 unspecified atom stereocenters. The van der Waals surface area contributed by atoms with E-state index in [2.05, 4.69) is 47.2 Å². The molecule has 1 aliphatic rings. The van der Waals surface area contributed by atoms with E-state index in [1.807, 2.05) is 18.8 Å². The Bertz CT molecular complexity index is 914. The van der Waals surface area contributed by atoms with E-state index in [1.54, 1.807) is 6.07 Å². The van der Waals surface area contributed by atoms with Crippen LogP contribution in [0.4, 0.5) is 14.5 Å². The molecule has 6 nitrogen and oxygen atoms in total. The van der Waals surface area contributed by atoms with Gasteiger partial charge in [0.1, 0.15) is 0 Å². The number of anilines is 1. The van der Waals surface area contributed by atoms with Crippen LogP contribution >= 0.6 is 24.0 Å². The van der Waals surface area contributed by atoms with Crippen molar-refractivity contribution in [3.05, 3.63) is 47.3 Å². The number of nitrogens with zero attached hydrogens (tertiary/aromatic N) is 5. The van der Waals surface area contributed by atoms with E-state index < -0.39 is 11.6 Å². The Morgan fingerprint density at radius 1 is 1.31 bits per heavy atom. The fourth-order valence-corrected chi connectivity index (χ4v) is 4.08. The van der Waals surface area contributed by atoms with Crippen LogP contribution in [0.2, 0.25) is 0 Å². The van der Waals surface area contributed by atoms with Crippen molar-refractivity contribution in [1.82, 2.24) is 20.0 Å². The molecule has 0 radical (unpaired) electrons. The Hall–Kier alpha value is -1.91. The van der Waals surface area contributed by atoms with E-state index >= 15 is 0 Å². The van der Waals surface area contributed by atoms with Crippen LogP contribution in [0.15, 0.2) is 29.4 Å². The van der Waals surface area contributed by atoms with E-state index in [4.69, 9.17) is 4.99 Å². The van der Waals surface area contributed by atoms with Crippen LogP contribution < -0.4 is 10.2 Å². The number of hydrogen-bond donors (Lipinski definition) is 1. The standard InChI is InChI=1S/C23H34F2N6.HI/c1-6-26-23(29(4)14-18-15-30(5)28-22(18)16(2)3)27-12-17-9-10-31(13-17)19-7-8-20(24)21(25)11-19;/h7-8,11,15-17H,6,9-10,12-14H2,1-5H3,(H,26,27);1H. The lowest BCUT2D eigenvalue weighted by atomic mass is 10.1. The predicted octanol–water partition coefficient (Wildman–Crippen LogP) is 4.36. The summed E-state index contributed by atoms with van der Waals surface area (Å²) < 4.78 is 28.7. The van der Waals surface area contributed by atoms with Gasteiger partial charge in [-0.25, -0.2) is 8.78 Å². The molecule has 1 aromatic carbocycles. The lowest BCUT2D eigenvalue weighted by Gasteiger charge is -2.23. The van der Waals surface area contributed by atoms with Crippen LogP contribution in [-0.4, -0.2) is 53.9 Å². The molecule has 1 aromatic heterocycles. The van der Waals surface area contributed by atoms with E-state index in [-0.39, 0.29) is 24.0 Å². The van der Waals surface area contributed by atoms with Gasteiger partial charge >= 0.3 is 0 Å². The SMILES string of the molecule is CCNC(=NCC1CCN(c2ccc(F)c(F)c2)C1)N(C)Cc1cn(C)nc1C(C)C.I. The van der Waals surface area contributed by atoms with Crippen molar-refractivity contribution in [2.45, 2.75) is 39.7 Å². The van der Waals surface area contributed by atoms with Crippen LogP contribution in [0.25, 0.3) is 0 Å². The first-order valence-electron chi connectivity index (χ1n) is 11.0. The molecule has 0 aliphatic carbocycles. The highest BCUT2D eigenvalue weighted by atomic mass is 127. The predicted molar refractivity (Wildman–Crippen MR) is 137 cm³/mol. The smallest absolute Gasteiger partial charge is 0.193 e. The van der Waals surface area contributed by atoms with Crippen molar-refractivity contribution in [3.8, 4) is 0 Å². The van der Waals surface area contributed by atoms with Crippen LogP contribution in [0.1, 0.15) is 44.4 Å². The largest absolute Gasteiger partial charge is 0.371 e. The van der Waals surface area contributed by atoms with Gasteiger partial charge in [0.2, 0.25) is 0 Å². The summed E-state index contributed by atoms with van der Waals surface area (Å²) in [6.07, 6.45) is 3.05. The highest BCUT2D eigenvalue weighted by Crippen LogP contribution is 2.25. The van der Waals surface area contributed by atoms with E-state index in [0.717, 1.165) is 49.9 Å². The van der Waals surface area contributed by atoms with Crippen LogP contribution in [0.5, 0.6) is 0 Å². The summed E-state index contributed by atoms with van der Waals surface area (Å²) >= 11 is 0.